The molecule has 0 radical (unpaired) electrons. The second-order valence-electron chi connectivity index (χ2n) is 4.86. The Labute approximate surface area is 106 Å². The van der Waals surface area contributed by atoms with Gasteiger partial charge in [-0.3, -0.25) is 4.79 Å². The Morgan fingerprint density at radius 1 is 1.33 bits per heavy atom. The lowest BCUT2D eigenvalue weighted by Gasteiger charge is -2.24. The largest absolute Gasteiger partial charge is 0.460 e. The fourth-order valence-electron chi connectivity index (χ4n) is 2.46. The molecule has 18 heavy (non-hydrogen) atoms. The van der Waals surface area contributed by atoms with Crippen molar-refractivity contribution in [3.05, 3.63) is 35.6 Å². The molecule has 0 spiro atoms. The Kier molecular flexibility index (Phi) is 3.97. The molecule has 2 rings (SSSR count). The highest BCUT2D eigenvalue weighted by atomic mass is 19.1. The molecule has 2 N–H and O–H groups in total. The molecule has 0 aromatic heterocycles. The van der Waals surface area contributed by atoms with Crippen molar-refractivity contribution in [2.75, 3.05) is 6.54 Å². The molecule has 0 heterocycles. The van der Waals surface area contributed by atoms with E-state index in [-0.39, 0.29) is 18.4 Å². The Balaban J connectivity index is 1.98. The third-order valence-electron chi connectivity index (χ3n) is 3.70. The molecule has 1 fully saturated rings. The van der Waals surface area contributed by atoms with Crippen LogP contribution in [-0.2, 0) is 16.1 Å². The van der Waals surface area contributed by atoms with Gasteiger partial charge in [-0.05, 0) is 18.9 Å². The van der Waals surface area contributed by atoms with E-state index < -0.39 is 5.41 Å². The minimum Gasteiger partial charge on any atom is -0.460 e. The summed E-state index contributed by atoms with van der Waals surface area (Å²) in [5.74, 6) is -0.635. The van der Waals surface area contributed by atoms with Crippen LogP contribution in [0.1, 0.15) is 31.2 Å². The van der Waals surface area contributed by atoms with Crippen LogP contribution in [0.5, 0.6) is 0 Å². The summed E-state index contributed by atoms with van der Waals surface area (Å²) in [6.07, 6.45) is 3.57. The van der Waals surface area contributed by atoms with Gasteiger partial charge in [0.15, 0.2) is 0 Å². The number of ether oxygens (including phenoxy) is 1. The first kappa shape index (κ1) is 13.0. The van der Waals surface area contributed by atoms with E-state index in [1.807, 2.05) is 0 Å². The van der Waals surface area contributed by atoms with E-state index in [1.54, 1.807) is 18.2 Å². The van der Waals surface area contributed by atoms with Crippen molar-refractivity contribution in [1.82, 2.24) is 0 Å². The van der Waals surface area contributed by atoms with E-state index in [9.17, 15) is 9.18 Å². The summed E-state index contributed by atoms with van der Waals surface area (Å²) >= 11 is 0. The standard InChI is InChI=1S/C14H18FNO2/c15-12-6-2-1-5-11(12)9-18-13(17)14(10-16)7-3-4-8-14/h1-2,5-6H,3-4,7-10,16H2. The van der Waals surface area contributed by atoms with Gasteiger partial charge >= 0.3 is 5.97 Å². The lowest BCUT2D eigenvalue weighted by atomic mass is 9.86. The molecular weight excluding hydrogens is 233 g/mol. The van der Waals surface area contributed by atoms with Crippen LogP contribution in [0.2, 0.25) is 0 Å². The van der Waals surface area contributed by atoms with Crippen LogP contribution in [0.15, 0.2) is 24.3 Å². The summed E-state index contributed by atoms with van der Waals surface area (Å²) < 4.78 is 18.6. The Hall–Kier alpha value is -1.42. The van der Waals surface area contributed by atoms with Crippen molar-refractivity contribution < 1.29 is 13.9 Å². The maximum atomic E-state index is 13.4. The molecule has 4 heteroatoms. The Bertz CT molecular complexity index is 428. The molecule has 1 aliphatic carbocycles. The van der Waals surface area contributed by atoms with Crippen LogP contribution in [-0.4, -0.2) is 12.5 Å². The zero-order valence-corrected chi connectivity index (χ0v) is 10.3. The zero-order valence-electron chi connectivity index (χ0n) is 10.3. The number of carbonyl (C=O) groups is 1. The number of rotatable bonds is 4. The summed E-state index contributed by atoms with van der Waals surface area (Å²) in [7, 11) is 0. The lowest BCUT2D eigenvalue weighted by Crippen LogP contribution is -2.37. The first-order valence-electron chi connectivity index (χ1n) is 6.29. The summed E-state index contributed by atoms with van der Waals surface area (Å²) in [4.78, 5) is 12.1. The molecule has 1 aromatic carbocycles. The highest BCUT2D eigenvalue weighted by Gasteiger charge is 2.41. The number of nitrogens with two attached hydrogens (primary N) is 1. The molecule has 0 amide bonds. The minimum absolute atomic E-state index is 0.0206. The van der Waals surface area contributed by atoms with Crippen LogP contribution in [0.3, 0.4) is 0 Å². The molecule has 0 bridgehead atoms. The molecule has 1 aliphatic rings. The monoisotopic (exact) mass is 251 g/mol. The topological polar surface area (TPSA) is 52.3 Å². The van der Waals surface area contributed by atoms with E-state index in [4.69, 9.17) is 10.5 Å². The molecular formula is C14H18FNO2. The molecule has 98 valence electrons. The van der Waals surface area contributed by atoms with E-state index >= 15 is 0 Å². The maximum absolute atomic E-state index is 13.4. The molecule has 1 saturated carbocycles. The number of hydrogen-bond acceptors (Lipinski definition) is 3. The van der Waals surface area contributed by atoms with Crippen molar-refractivity contribution in [1.29, 1.82) is 0 Å². The predicted molar refractivity (Wildman–Crippen MR) is 66.2 cm³/mol. The quantitative estimate of drug-likeness (QED) is 0.836. The molecule has 1 aromatic rings. The summed E-state index contributed by atoms with van der Waals surface area (Å²) in [5, 5.41) is 0. The number of halogens is 1. The van der Waals surface area contributed by atoms with Gasteiger partial charge in [0.1, 0.15) is 12.4 Å². The van der Waals surface area contributed by atoms with Gasteiger partial charge < -0.3 is 10.5 Å². The third-order valence-corrected chi connectivity index (χ3v) is 3.70. The zero-order chi connectivity index (χ0) is 13.0. The van der Waals surface area contributed by atoms with Gasteiger partial charge in [-0.1, -0.05) is 31.0 Å². The van der Waals surface area contributed by atoms with Crippen LogP contribution in [0, 0.1) is 11.2 Å². The Morgan fingerprint density at radius 3 is 2.61 bits per heavy atom. The van der Waals surface area contributed by atoms with Crippen molar-refractivity contribution in [3.63, 3.8) is 0 Å². The third kappa shape index (κ3) is 2.53. The smallest absolute Gasteiger partial charge is 0.313 e. The number of carbonyl (C=O) groups excluding carboxylic acids is 1. The van der Waals surface area contributed by atoms with Crippen LogP contribution < -0.4 is 5.73 Å². The van der Waals surface area contributed by atoms with Crippen molar-refractivity contribution in [2.24, 2.45) is 11.1 Å². The van der Waals surface area contributed by atoms with Crippen LogP contribution in [0.25, 0.3) is 0 Å². The first-order chi connectivity index (χ1) is 8.68. The van der Waals surface area contributed by atoms with Gasteiger partial charge in [0.25, 0.3) is 0 Å². The summed E-state index contributed by atoms with van der Waals surface area (Å²) in [5.41, 5.74) is 5.56. The SMILES string of the molecule is NCC1(C(=O)OCc2ccccc2F)CCCC1. The maximum Gasteiger partial charge on any atom is 0.313 e. The van der Waals surface area contributed by atoms with Crippen molar-refractivity contribution in [3.8, 4) is 0 Å². The van der Waals surface area contributed by atoms with Gasteiger partial charge in [-0.15, -0.1) is 0 Å². The van der Waals surface area contributed by atoms with Gasteiger partial charge in [0, 0.05) is 12.1 Å². The molecule has 3 nitrogen and oxygen atoms in total. The highest BCUT2D eigenvalue weighted by Crippen LogP contribution is 2.38. The van der Waals surface area contributed by atoms with Gasteiger partial charge in [0.2, 0.25) is 0 Å². The lowest BCUT2D eigenvalue weighted by molar-refractivity contribution is -0.156. The first-order valence-corrected chi connectivity index (χ1v) is 6.29. The number of esters is 1. The second-order valence-corrected chi connectivity index (χ2v) is 4.86. The van der Waals surface area contributed by atoms with E-state index in [0.717, 1.165) is 25.7 Å². The minimum atomic E-state index is -0.536. The van der Waals surface area contributed by atoms with Gasteiger partial charge in [0.05, 0.1) is 5.41 Å². The van der Waals surface area contributed by atoms with E-state index in [0.29, 0.717) is 12.1 Å². The van der Waals surface area contributed by atoms with Gasteiger partial charge in [-0.25, -0.2) is 4.39 Å². The molecule has 0 unspecified atom stereocenters. The van der Waals surface area contributed by atoms with E-state index in [2.05, 4.69) is 0 Å². The average Bonchev–Trinajstić information content (AvgIpc) is 2.87. The molecule has 0 saturated heterocycles. The second kappa shape index (κ2) is 5.48. The highest BCUT2D eigenvalue weighted by molar-refractivity contribution is 5.77. The molecule has 0 atom stereocenters. The molecule has 0 aliphatic heterocycles. The average molecular weight is 251 g/mol. The van der Waals surface area contributed by atoms with Crippen LogP contribution in [0.4, 0.5) is 4.39 Å². The van der Waals surface area contributed by atoms with Crippen molar-refractivity contribution >= 4 is 5.97 Å². The van der Waals surface area contributed by atoms with Crippen LogP contribution >= 0.6 is 0 Å². The predicted octanol–water partition coefficient (Wildman–Crippen LogP) is 2.39. The fraction of sp³-hybridized carbons (Fsp3) is 0.500. The summed E-state index contributed by atoms with van der Waals surface area (Å²) in [6.45, 7) is 0.288. The fourth-order valence-corrected chi connectivity index (χ4v) is 2.46. The van der Waals surface area contributed by atoms with E-state index in [1.165, 1.54) is 6.07 Å². The Morgan fingerprint density at radius 2 is 2.00 bits per heavy atom. The normalized spacial score (nSPS) is 17.7. The number of hydrogen-bond donors (Lipinski definition) is 1. The van der Waals surface area contributed by atoms with Crippen molar-refractivity contribution in [2.45, 2.75) is 32.3 Å². The number of benzene rings is 1. The van der Waals surface area contributed by atoms with Gasteiger partial charge in [-0.2, -0.15) is 0 Å². The summed E-state index contributed by atoms with van der Waals surface area (Å²) in [6, 6.07) is 6.31.